The molecule has 28 heavy (non-hydrogen) atoms. The summed E-state index contributed by atoms with van der Waals surface area (Å²) in [5.41, 5.74) is 2.31. The van der Waals surface area contributed by atoms with Gasteiger partial charge in [0.15, 0.2) is 5.96 Å². The molecule has 2 atom stereocenters. The van der Waals surface area contributed by atoms with Crippen LogP contribution in [0.25, 0.3) is 0 Å². The van der Waals surface area contributed by atoms with E-state index in [9.17, 15) is 9.50 Å². The van der Waals surface area contributed by atoms with Crippen molar-refractivity contribution in [3.05, 3.63) is 57.8 Å². The number of phenols is 1. The van der Waals surface area contributed by atoms with Crippen LogP contribution >= 0.6 is 15.9 Å². The van der Waals surface area contributed by atoms with Crippen LogP contribution in [0.15, 0.2) is 45.9 Å². The fourth-order valence-electron chi connectivity index (χ4n) is 3.45. The number of guanidine groups is 1. The fraction of sp³-hybridized carbons (Fsp3) is 0.381. The number of hydrogen-bond acceptors (Lipinski definition) is 3. The molecule has 0 amide bonds. The Hall–Kier alpha value is -2.12. The van der Waals surface area contributed by atoms with Crippen LogP contribution < -0.4 is 10.6 Å². The van der Waals surface area contributed by atoms with Gasteiger partial charge >= 0.3 is 0 Å². The first-order valence-electron chi connectivity index (χ1n) is 9.38. The first-order valence-corrected chi connectivity index (χ1v) is 10.2. The van der Waals surface area contributed by atoms with Gasteiger partial charge in [-0.15, -0.1) is 0 Å². The molecule has 0 bridgehead atoms. The molecule has 1 saturated heterocycles. The first-order chi connectivity index (χ1) is 13.3. The lowest BCUT2D eigenvalue weighted by Crippen LogP contribution is -2.57. The molecule has 3 rings (SSSR count). The molecule has 2 aromatic carbocycles. The van der Waals surface area contributed by atoms with Gasteiger partial charge in [-0.25, -0.2) is 9.38 Å². The van der Waals surface area contributed by atoms with Gasteiger partial charge < -0.3 is 20.6 Å². The van der Waals surface area contributed by atoms with E-state index in [1.807, 2.05) is 13.0 Å². The standard InChI is InChI=1S/C21H26BrFN4O/c1-13-8-18(28)5-7-20(13)26-21(27-11-14(2)25-15(3)12-27)24-10-16-9-17(22)4-6-19(16)23/h4-9,14-15,25,28H,10-12H2,1-3H3,(H,24,26). The van der Waals surface area contributed by atoms with Crippen LogP contribution in [0, 0.1) is 12.7 Å². The summed E-state index contributed by atoms with van der Waals surface area (Å²) in [7, 11) is 0. The van der Waals surface area contributed by atoms with Crippen molar-refractivity contribution in [1.82, 2.24) is 10.2 Å². The molecule has 1 fully saturated rings. The Bertz CT molecular complexity index is 863. The van der Waals surface area contributed by atoms with Gasteiger partial charge in [-0.2, -0.15) is 0 Å². The molecule has 1 aliphatic rings. The minimum atomic E-state index is -0.269. The van der Waals surface area contributed by atoms with Crippen LogP contribution in [0.1, 0.15) is 25.0 Å². The second-order valence-electron chi connectivity index (χ2n) is 7.37. The maximum Gasteiger partial charge on any atom is 0.198 e. The lowest BCUT2D eigenvalue weighted by atomic mass is 10.1. The van der Waals surface area contributed by atoms with Crippen LogP contribution in [0.5, 0.6) is 5.75 Å². The summed E-state index contributed by atoms with van der Waals surface area (Å²) in [5.74, 6) is 0.657. The SMILES string of the molecule is Cc1cc(O)ccc1NC(=NCc1cc(Br)ccc1F)N1CC(C)NC(C)C1. The predicted octanol–water partition coefficient (Wildman–Crippen LogP) is 4.25. The quantitative estimate of drug-likeness (QED) is 0.373. The average molecular weight is 449 g/mol. The maximum absolute atomic E-state index is 14.2. The zero-order valence-electron chi connectivity index (χ0n) is 16.3. The molecule has 0 saturated carbocycles. The Morgan fingerprint density at radius 3 is 2.64 bits per heavy atom. The third-order valence-electron chi connectivity index (χ3n) is 4.72. The van der Waals surface area contributed by atoms with Crippen LogP contribution in [-0.2, 0) is 6.54 Å². The summed E-state index contributed by atoms with van der Waals surface area (Å²) in [6, 6.07) is 10.7. The van der Waals surface area contributed by atoms with Gasteiger partial charge in [-0.1, -0.05) is 15.9 Å². The van der Waals surface area contributed by atoms with Crippen molar-refractivity contribution < 1.29 is 9.50 Å². The van der Waals surface area contributed by atoms with Gasteiger partial charge in [0.05, 0.1) is 6.54 Å². The Morgan fingerprint density at radius 2 is 1.96 bits per heavy atom. The van der Waals surface area contributed by atoms with Crippen LogP contribution in [-0.4, -0.2) is 41.1 Å². The summed E-state index contributed by atoms with van der Waals surface area (Å²) in [6.45, 7) is 8.04. The lowest BCUT2D eigenvalue weighted by Gasteiger charge is -2.38. The number of piperazine rings is 1. The van der Waals surface area contributed by atoms with Gasteiger partial charge in [0, 0.05) is 40.9 Å². The topological polar surface area (TPSA) is 59.9 Å². The molecule has 0 aliphatic carbocycles. The average Bonchev–Trinajstić information content (AvgIpc) is 2.62. The number of benzene rings is 2. The Kier molecular flexibility index (Phi) is 6.57. The van der Waals surface area contributed by atoms with Crippen molar-refractivity contribution in [2.45, 2.75) is 39.4 Å². The molecule has 150 valence electrons. The number of anilines is 1. The van der Waals surface area contributed by atoms with E-state index in [-0.39, 0.29) is 18.1 Å². The molecule has 5 nitrogen and oxygen atoms in total. The third-order valence-corrected chi connectivity index (χ3v) is 5.21. The van der Waals surface area contributed by atoms with Crippen molar-refractivity contribution >= 4 is 27.6 Å². The summed E-state index contributed by atoms with van der Waals surface area (Å²) < 4.78 is 15.0. The number of phenolic OH excluding ortho intramolecular Hbond substituents is 1. The first kappa shape index (κ1) is 20.6. The number of aryl methyl sites for hydroxylation is 1. The molecule has 2 aromatic rings. The second kappa shape index (κ2) is 8.92. The molecule has 1 aliphatic heterocycles. The molecular weight excluding hydrogens is 423 g/mol. The van der Waals surface area contributed by atoms with E-state index in [1.165, 1.54) is 6.07 Å². The van der Waals surface area contributed by atoms with Crippen molar-refractivity contribution in [3.63, 3.8) is 0 Å². The van der Waals surface area contributed by atoms with Crippen molar-refractivity contribution in [3.8, 4) is 5.75 Å². The highest BCUT2D eigenvalue weighted by Crippen LogP contribution is 2.22. The van der Waals surface area contributed by atoms with Gasteiger partial charge in [-0.3, -0.25) is 0 Å². The van der Waals surface area contributed by atoms with Crippen LogP contribution in [0.4, 0.5) is 10.1 Å². The molecule has 0 aromatic heterocycles. The van der Waals surface area contributed by atoms with Crippen molar-refractivity contribution in [2.24, 2.45) is 4.99 Å². The van der Waals surface area contributed by atoms with Crippen LogP contribution in [0.2, 0.25) is 0 Å². The highest BCUT2D eigenvalue weighted by molar-refractivity contribution is 9.10. The van der Waals surface area contributed by atoms with E-state index in [4.69, 9.17) is 4.99 Å². The Balaban J connectivity index is 1.90. The smallest absolute Gasteiger partial charge is 0.198 e. The number of aromatic hydroxyl groups is 1. The highest BCUT2D eigenvalue weighted by atomic mass is 79.9. The van der Waals surface area contributed by atoms with Crippen molar-refractivity contribution in [2.75, 3.05) is 18.4 Å². The molecule has 0 spiro atoms. The number of aliphatic imine (C=N–C) groups is 1. The predicted molar refractivity (Wildman–Crippen MR) is 115 cm³/mol. The number of rotatable bonds is 3. The Labute approximate surface area is 173 Å². The van der Waals surface area contributed by atoms with E-state index < -0.39 is 0 Å². The lowest BCUT2D eigenvalue weighted by molar-refractivity contribution is 0.254. The van der Waals surface area contributed by atoms with E-state index in [1.54, 1.807) is 24.3 Å². The minimum Gasteiger partial charge on any atom is -0.508 e. The summed E-state index contributed by atoms with van der Waals surface area (Å²) in [6.07, 6.45) is 0. The molecule has 7 heteroatoms. The molecule has 3 N–H and O–H groups in total. The van der Waals surface area contributed by atoms with E-state index in [0.717, 1.165) is 28.8 Å². The van der Waals surface area contributed by atoms with E-state index in [0.29, 0.717) is 23.6 Å². The van der Waals surface area contributed by atoms with E-state index >= 15 is 0 Å². The number of nitrogens with one attached hydrogen (secondary N) is 2. The van der Waals surface area contributed by atoms with Crippen molar-refractivity contribution in [1.29, 1.82) is 0 Å². The molecule has 2 unspecified atom stereocenters. The third kappa shape index (κ3) is 5.23. The molecule has 0 radical (unpaired) electrons. The minimum absolute atomic E-state index is 0.224. The number of nitrogens with zero attached hydrogens (tertiary/aromatic N) is 2. The largest absolute Gasteiger partial charge is 0.508 e. The molecule has 1 heterocycles. The van der Waals surface area contributed by atoms with Gasteiger partial charge in [0.25, 0.3) is 0 Å². The maximum atomic E-state index is 14.2. The summed E-state index contributed by atoms with van der Waals surface area (Å²) in [4.78, 5) is 6.92. The van der Waals surface area contributed by atoms with Gasteiger partial charge in [0.2, 0.25) is 0 Å². The van der Waals surface area contributed by atoms with Gasteiger partial charge in [0.1, 0.15) is 11.6 Å². The summed E-state index contributed by atoms with van der Waals surface area (Å²) >= 11 is 3.39. The normalized spacial score (nSPS) is 20.3. The Morgan fingerprint density at radius 1 is 1.25 bits per heavy atom. The number of hydrogen-bond donors (Lipinski definition) is 3. The molecular formula is C21H26BrFN4O. The number of halogens is 2. The second-order valence-corrected chi connectivity index (χ2v) is 8.29. The summed E-state index contributed by atoms with van der Waals surface area (Å²) in [5, 5.41) is 16.6. The fourth-order valence-corrected chi connectivity index (χ4v) is 3.86. The van der Waals surface area contributed by atoms with E-state index in [2.05, 4.69) is 45.3 Å². The zero-order chi connectivity index (χ0) is 20.3. The van der Waals surface area contributed by atoms with Crippen LogP contribution in [0.3, 0.4) is 0 Å². The van der Waals surface area contributed by atoms with Gasteiger partial charge in [-0.05, 0) is 62.7 Å². The zero-order valence-corrected chi connectivity index (χ0v) is 17.9. The monoisotopic (exact) mass is 448 g/mol. The highest BCUT2D eigenvalue weighted by Gasteiger charge is 2.24.